The van der Waals surface area contributed by atoms with Gasteiger partial charge in [-0.1, -0.05) is 74.5 Å². The Hall–Kier alpha value is -1.72. The Kier molecular flexibility index (Phi) is 10.2. The zero-order valence-corrected chi connectivity index (χ0v) is 20.2. The molecule has 0 amide bonds. The summed E-state index contributed by atoms with van der Waals surface area (Å²) in [5.74, 6) is 1.62. The van der Waals surface area contributed by atoms with E-state index < -0.39 is 0 Å². The Balaban J connectivity index is 0.000000181. The highest BCUT2D eigenvalue weighted by atomic mass is 15.2. The number of likely N-dealkylation sites (tertiary alicyclic amines) is 2. The van der Waals surface area contributed by atoms with Crippen LogP contribution in [0.2, 0.25) is 0 Å². The van der Waals surface area contributed by atoms with E-state index >= 15 is 0 Å². The molecule has 4 rings (SSSR count). The Morgan fingerprint density at radius 3 is 1.38 bits per heavy atom. The second-order valence-corrected chi connectivity index (χ2v) is 9.81. The van der Waals surface area contributed by atoms with Gasteiger partial charge in [0.1, 0.15) is 0 Å². The zero-order chi connectivity index (χ0) is 22.8. The SMILES string of the molecule is C[C@H]1CCCN([C@@H](CN)c2ccccc2)C1.C[C@H]1CCCN([C@H](CN)c2ccccc2)C1. The van der Waals surface area contributed by atoms with Gasteiger partial charge in [0.05, 0.1) is 0 Å². The summed E-state index contributed by atoms with van der Waals surface area (Å²) in [7, 11) is 0. The lowest BCUT2D eigenvalue weighted by molar-refractivity contribution is 0.133. The first-order valence-corrected chi connectivity index (χ1v) is 12.6. The first-order chi connectivity index (χ1) is 15.6. The van der Waals surface area contributed by atoms with E-state index in [-0.39, 0.29) is 0 Å². The molecule has 0 saturated carbocycles. The predicted molar refractivity (Wildman–Crippen MR) is 136 cm³/mol. The van der Waals surface area contributed by atoms with Gasteiger partial charge in [-0.2, -0.15) is 0 Å². The molecule has 0 aromatic heterocycles. The number of nitrogens with two attached hydrogens (primary N) is 2. The molecule has 2 aromatic rings. The van der Waals surface area contributed by atoms with E-state index in [1.54, 1.807) is 0 Å². The molecule has 2 heterocycles. The first-order valence-electron chi connectivity index (χ1n) is 12.6. The third-order valence-electron chi connectivity index (χ3n) is 7.07. The van der Waals surface area contributed by atoms with Crippen molar-refractivity contribution in [3.63, 3.8) is 0 Å². The van der Waals surface area contributed by atoms with Crippen LogP contribution in [0.4, 0.5) is 0 Å². The molecule has 4 heteroatoms. The summed E-state index contributed by atoms with van der Waals surface area (Å²) in [6.45, 7) is 10.9. The van der Waals surface area contributed by atoms with E-state index in [1.165, 1.54) is 63.0 Å². The van der Waals surface area contributed by atoms with Crippen LogP contribution < -0.4 is 11.5 Å². The van der Waals surface area contributed by atoms with E-state index in [1.807, 2.05) is 0 Å². The maximum atomic E-state index is 5.94. The molecule has 0 radical (unpaired) electrons. The van der Waals surface area contributed by atoms with Gasteiger partial charge in [0.15, 0.2) is 0 Å². The molecule has 176 valence electrons. The largest absolute Gasteiger partial charge is 0.329 e. The minimum Gasteiger partial charge on any atom is -0.329 e. The van der Waals surface area contributed by atoms with Crippen LogP contribution in [-0.2, 0) is 0 Å². The summed E-state index contributed by atoms with van der Waals surface area (Å²) in [5.41, 5.74) is 14.6. The van der Waals surface area contributed by atoms with Crippen molar-refractivity contribution in [1.82, 2.24) is 9.80 Å². The van der Waals surface area contributed by atoms with Crippen molar-refractivity contribution in [3.8, 4) is 0 Å². The third kappa shape index (κ3) is 7.14. The highest BCUT2D eigenvalue weighted by Crippen LogP contribution is 2.27. The van der Waals surface area contributed by atoms with Gasteiger partial charge in [-0.05, 0) is 61.7 Å². The van der Waals surface area contributed by atoms with Crippen molar-refractivity contribution in [2.75, 3.05) is 39.3 Å². The Morgan fingerprint density at radius 2 is 1.06 bits per heavy atom. The molecule has 4 atom stereocenters. The van der Waals surface area contributed by atoms with Gasteiger partial charge in [0.25, 0.3) is 0 Å². The fourth-order valence-corrected chi connectivity index (χ4v) is 5.36. The van der Waals surface area contributed by atoms with Crippen molar-refractivity contribution >= 4 is 0 Å². The normalized spacial score (nSPS) is 24.2. The van der Waals surface area contributed by atoms with Crippen LogP contribution in [0, 0.1) is 11.8 Å². The van der Waals surface area contributed by atoms with Gasteiger partial charge in [-0.3, -0.25) is 9.80 Å². The third-order valence-corrected chi connectivity index (χ3v) is 7.07. The molecular formula is C28H44N4. The average molecular weight is 437 g/mol. The molecule has 0 unspecified atom stereocenters. The monoisotopic (exact) mass is 436 g/mol. The molecule has 0 bridgehead atoms. The molecular weight excluding hydrogens is 392 g/mol. The molecule has 0 aliphatic carbocycles. The van der Waals surface area contributed by atoms with Crippen LogP contribution in [-0.4, -0.2) is 49.1 Å². The molecule has 2 aliphatic rings. The lowest BCUT2D eigenvalue weighted by atomic mass is 9.96. The zero-order valence-electron chi connectivity index (χ0n) is 20.2. The van der Waals surface area contributed by atoms with Crippen molar-refractivity contribution in [3.05, 3.63) is 71.8 Å². The lowest BCUT2D eigenvalue weighted by Crippen LogP contribution is -2.40. The van der Waals surface area contributed by atoms with Gasteiger partial charge >= 0.3 is 0 Å². The van der Waals surface area contributed by atoms with E-state index in [4.69, 9.17) is 11.5 Å². The fraction of sp³-hybridized carbons (Fsp3) is 0.571. The van der Waals surface area contributed by atoms with Crippen LogP contribution in [0.3, 0.4) is 0 Å². The van der Waals surface area contributed by atoms with E-state index in [0.29, 0.717) is 12.1 Å². The molecule has 2 saturated heterocycles. The van der Waals surface area contributed by atoms with E-state index in [9.17, 15) is 0 Å². The Bertz CT molecular complexity index is 685. The smallest absolute Gasteiger partial charge is 0.0470 e. The van der Waals surface area contributed by atoms with E-state index in [2.05, 4.69) is 84.3 Å². The van der Waals surface area contributed by atoms with Gasteiger partial charge in [0, 0.05) is 38.3 Å². The minimum absolute atomic E-state index is 0.406. The number of benzene rings is 2. The predicted octanol–water partition coefficient (Wildman–Crippen LogP) is 4.84. The highest BCUT2D eigenvalue weighted by Gasteiger charge is 2.24. The van der Waals surface area contributed by atoms with E-state index in [0.717, 1.165) is 24.9 Å². The number of piperidine rings is 2. The molecule has 2 aromatic carbocycles. The van der Waals surface area contributed by atoms with Crippen LogP contribution in [0.25, 0.3) is 0 Å². The van der Waals surface area contributed by atoms with Crippen molar-refractivity contribution in [2.45, 2.75) is 51.6 Å². The number of hydrogen-bond donors (Lipinski definition) is 2. The van der Waals surface area contributed by atoms with Crippen LogP contribution in [0.15, 0.2) is 60.7 Å². The lowest BCUT2D eigenvalue weighted by Gasteiger charge is -2.37. The number of rotatable bonds is 6. The van der Waals surface area contributed by atoms with Gasteiger partial charge < -0.3 is 11.5 Å². The Labute approximate surface area is 196 Å². The average Bonchev–Trinajstić information content (AvgIpc) is 2.82. The standard InChI is InChI=1S/2C14H22N2/c2*1-12-6-5-9-16(11-12)14(10-15)13-7-3-2-4-8-13/h2*2-4,7-8,12,14H,5-6,9-11,15H2,1H3/t12-,14+;12-,14-/m00/s1. The summed E-state index contributed by atoms with van der Waals surface area (Å²) in [5, 5.41) is 0. The summed E-state index contributed by atoms with van der Waals surface area (Å²) in [6, 6.07) is 22.1. The fourth-order valence-electron chi connectivity index (χ4n) is 5.36. The quantitative estimate of drug-likeness (QED) is 0.680. The van der Waals surface area contributed by atoms with Gasteiger partial charge in [-0.25, -0.2) is 0 Å². The van der Waals surface area contributed by atoms with Crippen molar-refractivity contribution < 1.29 is 0 Å². The van der Waals surface area contributed by atoms with Crippen LogP contribution in [0.1, 0.15) is 62.7 Å². The van der Waals surface area contributed by atoms with Crippen LogP contribution >= 0.6 is 0 Å². The molecule has 0 spiro atoms. The minimum atomic E-state index is 0.406. The first kappa shape index (κ1) is 24.9. The maximum absolute atomic E-state index is 5.94. The second-order valence-electron chi connectivity index (χ2n) is 9.81. The highest BCUT2D eigenvalue weighted by molar-refractivity contribution is 5.20. The van der Waals surface area contributed by atoms with Crippen molar-refractivity contribution in [1.29, 1.82) is 0 Å². The Morgan fingerprint density at radius 1 is 0.688 bits per heavy atom. The molecule has 32 heavy (non-hydrogen) atoms. The number of hydrogen-bond acceptors (Lipinski definition) is 4. The van der Waals surface area contributed by atoms with Crippen molar-refractivity contribution in [2.24, 2.45) is 23.3 Å². The van der Waals surface area contributed by atoms with Gasteiger partial charge in [-0.15, -0.1) is 0 Å². The molecule has 4 nitrogen and oxygen atoms in total. The van der Waals surface area contributed by atoms with Gasteiger partial charge in [0.2, 0.25) is 0 Å². The summed E-state index contributed by atoms with van der Waals surface area (Å²) in [4.78, 5) is 5.09. The summed E-state index contributed by atoms with van der Waals surface area (Å²) in [6.07, 6.45) is 5.35. The molecule has 4 N–H and O–H groups in total. The molecule has 2 fully saturated rings. The topological polar surface area (TPSA) is 58.5 Å². The van der Waals surface area contributed by atoms with Crippen LogP contribution in [0.5, 0.6) is 0 Å². The summed E-state index contributed by atoms with van der Waals surface area (Å²) < 4.78 is 0. The number of nitrogens with zero attached hydrogens (tertiary/aromatic N) is 2. The summed E-state index contributed by atoms with van der Waals surface area (Å²) >= 11 is 0. The second kappa shape index (κ2) is 13.1. The molecule has 2 aliphatic heterocycles. The maximum Gasteiger partial charge on any atom is 0.0470 e.